The molecule has 0 bridgehead atoms. The number of hydrogen-bond acceptors (Lipinski definition) is 0. The van der Waals surface area contributed by atoms with Crippen LogP contribution >= 0.6 is 0 Å². The average Bonchev–Trinajstić information content (AvgIpc) is 3.57. The topological polar surface area (TPSA) is 0 Å². The predicted octanol–water partition coefficient (Wildman–Crippen LogP) is 17.4. The van der Waals surface area contributed by atoms with Crippen molar-refractivity contribution in [3.8, 4) is 66.8 Å². The molecule has 0 fully saturated rings. The van der Waals surface area contributed by atoms with Crippen LogP contribution in [0.1, 0.15) is 42.9 Å². The van der Waals surface area contributed by atoms with Gasteiger partial charge in [0.05, 0.1) is 0 Å². The molecule has 0 amide bonds. The molecule has 1 unspecified atom stereocenters. The van der Waals surface area contributed by atoms with E-state index in [1.54, 1.807) is 0 Å². The summed E-state index contributed by atoms with van der Waals surface area (Å²) >= 11 is 0. The second-order valence-corrected chi connectivity index (χ2v) is 18.0. The molecule has 63 heavy (non-hydrogen) atoms. The van der Waals surface area contributed by atoms with Crippen molar-refractivity contribution in [2.24, 2.45) is 0 Å². The van der Waals surface area contributed by atoms with E-state index in [0.29, 0.717) is 5.92 Å². The van der Waals surface area contributed by atoms with E-state index >= 15 is 0 Å². The maximum absolute atomic E-state index is 2.55. The van der Waals surface area contributed by atoms with Gasteiger partial charge in [0.15, 0.2) is 0 Å². The van der Waals surface area contributed by atoms with Gasteiger partial charge < -0.3 is 0 Å². The van der Waals surface area contributed by atoms with Crippen molar-refractivity contribution in [3.05, 3.63) is 241 Å². The molecule has 2 aliphatic carbocycles. The van der Waals surface area contributed by atoms with Crippen LogP contribution in [0.5, 0.6) is 0 Å². The first kappa shape index (κ1) is 37.2. The van der Waals surface area contributed by atoms with Gasteiger partial charge in [0, 0.05) is 11.3 Å². The Balaban J connectivity index is 1.03. The molecule has 0 aliphatic heterocycles. The van der Waals surface area contributed by atoms with Crippen LogP contribution in [-0.4, -0.2) is 0 Å². The maximum Gasteiger partial charge on any atom is 0.0159 e. The predicted molar refractivity (Wildman–Crippen MR) is 269 cm³/mol. The van der Waals surface area contributed by atoms with E-state index in [1.165, 1.54) is 116 Å². The lowest BCUT2D eigenvalue weighted by atomic mass is 9.79. The lowest BCUT2D eigenvalue weighted by Gasteiger charge is -2.24. The molecule has 12 rings (SSSR count). The Morgan fingerprint density at radius 1 is 0.365 bits per heavy atom. The fourth-order valence-corrected chi connectivity index (χ4v) is 10.6. The van der Waals surface area contributed by atoms with E-state index in [0.717, 1.165) is 6.42 Å². The highest BCUT2D eigenvalue weighted by molar-refractivity contribution is 6.22. The number of allylic oxidation sites excluding steroid dienone is 4. The molecule has 0 heterocycles. The molecule has 10 aromatic carbocycles. The first-order valence-corrected chi connectivity index (χ1v) is 22.3. The molecule has 0 spiro atoms. The molecule has 0 aromatic heterocycles. The summed E-state index contributed by atoms with van der Waals surface area (Å²) in [5.41, 5.74) is 19.0. The molecule has 0 saturated heterocycles. The van der Waals surface area contributed by atoms with Gasteiger partial charge in [-0.05, 0) is 146 Å². The molecule has 2 aliphatic rings. The molecule has 0 radical (unpaired) electrons. The summed E-state index contributed by atoms with van der Waals surface area (Å²) in [7, 11) is 0. The Bertz CT molecular complexity index is 3450. The molecule has 0 heteroatoms. The Hall–Kier alpha value is -7.54. The van der Waals surface area contributed by atoms with Crippen molar-refractivity contribution in [2.75, 3.05) is 0 Å². The Labute approximate surface area is 370 Å². The monoisotopic (exact) mass is 802 g/mol. The standard InChI is InChI=1S/C63H46/c1-63(2)59-38-52(51-33-32-49-36-48(30-31-50(49)37-51)43-18-10-5-11-19-43)34-35-53(59)56-39-57-58(40-60(56)63)62(47-28-24-45(25-29-47)42-16-8-4-9-17-42)55-21-13-12-20-54(55)61(57)46-26-22-44(23-27-46)41-14-6-3-7-15-41/h3-18,20-40,43H,19H2,1-2H3. The molecule has 10 aromatic rings. The van der Waals surface area contributed by atoms with Gasteiger partial charge in [0.1, 0.15) is 0 Å². The molecule has 1 atom stereocenters. The summed E-state index contributed by atoms with van der Waals surface area (Å²) in [6, 6.07) is 75.1. The third-order valence-corrected chi connectivity index (χ3v) is 14.0. The number of hydrogen-bond donors (Lipinski definition) is 0. The highest BCUT2D eigenvalue weighted by atomic mass is 14.4. The van der Waals surface area contributed by atoms with Crippen LogP contribution in [-0.2, 0) is 5.41 Å². The number of benzene rings is 10. The third-order valence-electron chi connectivity index (χ3n) is 14.0. The van der Waals surface area contributed by atoms with Crippen LogP contribution in [0, 0.1) is 0 Å². The van der Waals surface area contributed by atoms with Crippen molar-refractivity contribution in [1.29, 1.82) is 0 Å². The van der Waals surface area contributed by atoms with Crippen molar-refractivity contribution < 1.29 is 0 Å². The Morgan fingerprint density at radius 2 is 0.857 bits per heavy atom. The summed E-state index contributed by atoms with van der Waals surface area (Å²) in [5, 5.41) is 7.68. The first-order valence-electron chi connectivity index (χ1n) is 22.3. The highest BCUT2D eigenvalue weighted by Crippen LogP contribution is 2.54. The lowest BCUT2D eigenvalue weighted by molar-refractivity contribution is 0.661. The van der Waals surface area contributed by atoms with E-state index in [-0.39, 0.29) is 5.41 Å². The normalized spacial score (nSPS) is 14.9. The molecular weight excluding hydrogens is 757 g/mol. The largest absolute Gasteiger partial charge is 0.0836 e. The minimum absolute atomic E-state index is 0.208. The molecule has 0 N–H and O–H groups in total. The zero-order valence-electron chi connectivity index (χ0n) is 35.6. The van der Waals surface area contributed by atoms with Crippen LogP contribution in [0.2, 0.25) is 0 Å². The van der Waals surface area contributed by atoms with Crippen LogP contribution in [0.15, 0.2) is 224 Å². The molecule has 298 valence electrons. The van der Waals surface area contributed by atoms with Gasteiger partial charge in [0.25, 0.3) is 0 Å². The quantitative estimate of drug-likeness (QED) is 0.147. The summed E-state index contributed by atoms with van der Waals surface area (Å²) in [6.45, 7) is 4.84. The zero-order chi connectivity index (χ0) is 42.1. The first-order chi connectivity index (χ1) is 31.0. The number of rotatable bonds is 6. The molecule has 0 nitrogen and oxygen atoms in total. The second kappa shape index (κ2) is 14.8. The average molecular weight is 803 g/mol. The summed E-state index contributed by atoms with van der Waals surface area (Å²) in [5.74, 6) is 0.447. The summed E-state index contributed by atoms with van der Waals surface area (Å²) < 4.78 is 0. The highest BCUT2D eigenvalue weighted by Gasteiger charge is 2.37. The Morgan fingerprint density at radius 3 is 1.48 bits per heavy atom. The Kier molecular flexibility index (Phi) is 8.76. The van der Waals surface area contributed by atoms with Gasteiger partial charge in [-0.3, -0.25) is 0 Å². The maximum atomic E-state index is 2.55. The van der Waals surface area contributed by atoms with Crippen molar-refractivity contribution in [1.82, 2.24) is 0 Å². The third kappa shape index (κ3) is 6.28. The summed E-state index contributed by atoms with van der Waals surface area (Å²) in [4.78, 5) is 0. The minimum atomic E-state index is -0.208. The zero-order valence-corrected chi connectivity index (χ0v) is 35.6. The van der Waals surface area contributed by atoms with Crippen molar-refractivity contribution in [3.63, 3.8) is 0 Å². The van der Waals surface area contributed by atoms with Gasteiger partial charge in [0.2, 0.25) is 0 Å². The van der Waals surface area contributed by atoms with Crippen LogP contribution in [0.4, 0.5) is 0 Å². The van der Waals surface area contributed by atoms with Crippen LogP contribution in [0.3, 0.4) is 0 Å². The second-order valence-electron chi connectivity index (χ2n) is 18.0. The number of fused-ring (bicyclic) bond motifs is 6. The fourth-order valence-electron chi connectivity index (χ4n) is 10.6. The lowest BCUT2D eigenvalue weighted by Crippen LogP contribution is -2.15. The van der Waals surface area contributed by atoms with E-state index in [1.807, 2.05) is 0 Å². The van der Waals surface area contributed by atoms with Crippen LogP contribution in [0.25, 0.3) is 99.1 Å². The fraction of sp³-hybridized carbons (Fsp3) is 0.0794. The van der Waals surface area contributed by atoms with Crippen molar-refractivity contribution in [2.45, 2.75) is 31.6 Å². The van der Waals surface area contributed by atoms with Gasteiger partial charge >= 0.3 is 0 Å². The molecular formula is C63H46. The SMILES string of the molecule is CC1(C)c2cc(-c3ccc4cc(C5C=CC=CC5)ccc4c3)ccc2-c2cc3c(-c4ccc(-c5ccccc5)cc4)c4ccccc4c(-c4ccc(-c5ccccc5)cc4)c3cc21. The van der Waals surface area contributed by atoms with Gasteiger partial charge in [-0.25, -0.2) is 0 Å². The van der Waals surface area contributed by atoms with E-state index in [4.69, 9.17) is 0 Å². The van der Waals surface area contributed by atoms with Gasteiger partial charge in [-0.15, -0.1) is 0 Å². The van der Waals surface area contributed by atoms with Crippen molar-refractivity contribution >= 4 is 32.3 Å². The smallest absolute Gasteiger partial charge is 0.0159 e. The molecule has 0 saturated carbocycles. The van der Waals surface area contributed by atoms with Gasteiger partial charge in [-0.1, -0.05) is 214 Å². The van der Waals surface area contributed by atoms with E-state index in [9.17, 15) is 0 Å². The summed E-state index contributed by atoms with van der Waals surface area (Å²) in [6.07, 6.45) is 9.97. The van der Waals surface area contributed by atoms with Gasteiger partial charge in [-0.2, -0.15) is 0 Å². The van der Waals surface area contributed by atoms with E-state index in [2.05, 4.69) is 238 Å². The van der Waals surface area contributed by atoms with Crippen LogP contribution < -0.4 is 0 Å². The van der Waals surface area contributed by atoms with E-state index < -0.39 is 0 Å². The minimum Gasteiger partial charge on any atom is -0.0836 e.